The van der Waals surface area contributed by atoms with Crippen LogP contribution in [0.5, 0.6) is 11.5 Å². The zero-order valence-corrected chi connectivity index (χ0v) is 19.2. The highest BCUT2D eigenvalue weighted by Gasteiger charge is 2.34. The van der Waals surface area contributed by atoms with Crippen molar-refractivity contribution in [1.82, 2.24) is 15.2 Å². The number of hydrogen-bond acceptors (Lipinski definition) is 7. The highest BCUT2D eigenvalue weighted by atomic mass is 19.1. The van der Waals surface area contributed by atoms with Crippen LogP contribution in [0.25, 0.3) is 0 Å². The number of rotatable bonds is 7. The standard InChI is InChI=1S/C25H31FN4O4/c26-19-13-18(14-21-24(19)34-12-11-33-21)23(31)20(16-29-8-3-4-9-29)28-25(32)17-6-10-30(15-17)22-5-1-2-7-27-22/h1-2,5,7,13-14,17,20,23,31H,3-4,6,8-12,15-16H2,(H,28,32)/t17?,20-,23-/m1/s1. The third kappa shape index (κ3) is 4.95. The lowest BCUT2D eigenvalue weighted by Crippen LogP contribution is -2.48. The molecule has 34 heavy (non-hydrogen) atoms. The van der Waals surface area contributed by atoms with Crippen LogP contribution in [-0.2, 0) is 4.79 Å². The van der Waals surface area contributed by atoms with Gasteiger partial charge >= 0.3 is 0 Å². The highest BCUT2D eigenvalue weighted by Crippen LogP contribution is 2.36. The third-order valence-corrected chi connectivity index (χ3v) is 6.86. The Morgan fingerprint density at radius 2 is 2.03 bits per heavy atom. The molecule has 4 heterocycles. The van der Waals surface area contributed by atoms with E-state index in [9.17, 15) is 14.3 Å². The lowest BCUT2D eigenvalue weighted by atomic mass is 9.99. The van der Waals surface area contributed by atoms with E-state index in [-0.39, 0.29) is 29.9 Å². The van der Waals surface area contributed by atoms with Crippen LogP contribution in [0.2, 0.25) is 0 Å². The van der Waals surface area contributed by atoms with E-state index in [1.54, 1.807) is 12.3 Å². The molecule has 0 bridgehead atoms. The van der Waals surface area contributed by atoms with Gasteiger partial charge in [0, 0.05) is 25.8 Å². The Kier molecular flexibility index (Phi) is 6.82. The summed E-state index contributed by atoms with van der Waals surface area (Å²) in [4.78, 5) is 22.0. The molecule has 2 fully saturated rings. The molecule has 3 aliphatic heterocycles. The summed E-state index contributed by atoms with van der Waals surface area (Å²) < 4.78 is 25.6. The number of aromatic nitrogens is 1. The Balaban J connectivity index is 1.31. The first kappa shape index (κ1) is 22.9. The van der Waals surface area contributed by atoms with Crippen molar-refractivity contribution >= 4 is 11.7 Å². The van der Waals surface area contributed by atoms with Gasteiger partial charge in [0.1, 0.15) is 25.1 Å². The fourth-order valence-corrected chi connectivity index (χ4v) is 5.03. The monoisotopic (exact) mass is 470 g/mol. The summed E-state index contributed by atoms with van der Waals surface area (Å²) >= 11 is 0. The van der Waals surface area contributed by atoms with E-state index in [4.69, 9.17) is 9.47 Å². The number of nitrogens with one attached hydrogen (secondary N) is 1. The molecule has 2 N–H and O–H groups in total. The summed E-state index contributed by atoms with van der Waals surface area (Å²) in [5, 5.41) is 14.3. The van der Waals surface area contributed by atoms with Crippen LogP contribution in [0.4, 0.5) is 10.2 Å². The fraction of sp³-hybridized carbons (Fsp3) is 0.520. The van der Waals surface area contributed by atoms with Crippen molar-refractivity contribution in [2.24, 2.45) is 5.92 Å². The van der Waals surface area contributed by atoms with Crippen LogP contribution < -0.4 is 19.7 Å². The maximum absolute atomic E-state index is 14.6. The van der Waals surface area contributed by atoms with Crippen LogP contribution in [-0.4, -0.2) is 72.9 Å². The van der Waals surface area contributed by atoms with Gasteiger partial charge < -0.3 is 29.7 Å². The van der Waals surface area contributed by atoms with E-state index in [1.165, 1.54) is 6.07 Å². The minimum atomic E-state index is -1.08. The van der Waals surface area contributed by atoms with Gasteiger partial charge in [-0.05, 0) is 62.2 Å². The smallest absolute Gasteiger partial charge is 0.225 e. The average Bonchev–Trinajstić information content (AvgIpc) is 3.56. The molecular weight excluding hydrogens is 439 g/mol. The zero-order valence-electron chi connectivity index (χ0n) is 19.2. The Hall–Kier alpha value is -2.91. The molecule has 1 aromatic heterocycles. The molecule has 0 aliphatic carbocycles. The summed E-state index contributed by atoms with van der Waals surface area (Å²) in [5.74, 6) is 0.348. The molecule has 0 radical (unpaired) electrons. The number of carbonyl (C=O) groups excluding carboxylic acids is 1. The van der Waals surface area contributed by atoms with Gasteiger partial charge in [0.05, 0.1) is 12.0 Å². The molecule has 9 heteroatoms. The van der Waals surface area contributed by atoms with Gasteiger partial charge in [0.25, 0.3) is 0 Å². The van der Waals surface area contributed by atoms with Gasteiger partial charge in [-0.3, -0.25) is 4.79 Å². The molecule has 3 atom stereocenters. The molecule has 3 aliphatic rings. The quantitative estimate of drug-likeness (QED) is 0.641. The van der Waals surface area contributed by atoms with Crippen LogP contribution in [0.1, 0.15) is 30.9 Å². The number of aliphatic hydroxyl groups excluding tert-OH is 1. The van der Waals surface area contributed by atoms with E-state index in [2.05, 4.69) is 20.1 Å². The average molecular weight is 471 g/mol. The number of aliphatic hydroxyl groups is 1. The number of anilines is 1. The molecule has 2 saturated heterocycles. The van der Waals surface area contributed by atoms with Gasteiger partial charge in [-0.1, -0.05) is 6.07 Å². The first-order valence-electron chi connectivity index (χ1n) is 12.0. The zero-order chi connectivity index (χ0) is 23.5. The van der Waals surface area contributed by atoms with E-state index >= 15 is 0 Å². The van der Waals surface area contributed by atoms with E-state index in [1.807, 2.05) is 18.2 Å². The van der Waals surface area contributed by atoms with Crippen LogP contribution in [0.15, 0.2) is 36.5 Å². The summed E-state index contributed by atoms with van der Waals surface area (Å²) in [7, 11) is 0. The van der Waals surface area contributed by atoms with Crippen molar-refractivity contribution in [1.29, 1.82) is 0 Å². The summed E-state index contributed by atoms with van der Waals surface area (Å²) in [5.41, 5.74) is 0.368. The number of carbonyl (C=O) groups is 1. The Morgan fingerprint density at radius 3 is 2.82 bits per heavy atom. The number of amides is 1. The van der Waals surface area contributed by atoms with Crippen molar-refractivity contribution in [3.8, 4) is 11.5 Å². The number of hydrogen-bond donors (Lipinski definition) is 2. The Labute approximate surface area is 198 Å². The predicted octanol–water partition coefficient (Wildman–Crippen LogP) is 2.13. The number of ether oxygens (including phenoxy) is 2. The molecule has 1 amide bonds. The number of halogens is 1. The molecule has 2 aromatic rings. The predicted molar refractivity (Wildman–Crippen MR) is 125 cm³/mol. The number of likely N-dealkylation sites (tertiary alicyclic amines) is 1. The molecule has 182 valence electrons. The number of benzene rings is 1. The number of nitrogens with zero attached hydrogens (tertiary/aromatic N) is 3. The largest absolute Gasteiger partial charge is 0.486 e. The Bertz CT molecular complexity index is 1000. The van der Waals surface area contributed by atoms with Gasteiger partial charge in [-0.15, -0.1) is 0 Å². The summed E-state index contributed by atoms with van der Waals surface area (Å²) in [6, 6.07) is 8.07. The van der Waals surface area contributed by atoms with Crippen LogP contribution >= 0.6 is 0 Å². The van der Waals surface area contributed by atoms with Gasteiger partial charge in [-0.2, -0.15) is 0 Å². The van der Waals surface area contributed by atoms with Crippen LogP contribution in [0.3, 0.4) is 0 Å². The molecule has 8 nitrogen and oxygen atoms in total. The maximum Gasteiger partial charge on any atom is 0.225 e. The highest BCUT2D eigenvalue weighted by molar-refractivity contribution is 5.80. The topological polar surface area (TPSA) is 87.2 Å². The van der Waals surface area contributed by atoms with E-state index in [0.717, 1.165) is 38.3 Å². The molecule has 5 rings (SSSR count). The van der Waals surface area contributed by atoms with Crippen molar-refractivity contribution < 1.29 is 23.8 Å². The maximum atomic E-state index is 14.6. The fourth-order valence-electron chi connectivity index (χ4n) is 5.03. The second-order valence-corrected chi connectivity index (χ2v) is 9.21. The Morgan fingerprint density at radius 1 is 1.21 bits per heavy atom. The summed E-state index contributed by atoms with van der Waals surface area (Å²) in [6.07, 6.45) is 3.57. The van der Waals surface area contributed by atoms with Gasteiger partial charge in [-0.25, -0.2) is 9.37 Å². The van der Waals surface area contributed by atoms with Crippen molar-refractivity contribution in [3.05, 3.63) is 47.9 Å². The molecule has 1 unspecified atom stereocenters. The van der Waals surface area contributed by atoms with Crippen molar-refractivity contribution in [3.63, 3.8) is 0 Å². The van der Waals surface area contributed by atoms with E-state index < -0.39 is 18.0 Å². The second-order valence-electron chi connectivity index (χ2n) is 9.21. The number of fused-ring (bicyclic) bond motifs is 1. The molecule has 1 aromatic carbocycles. The van der Waals surface area contributed by atoms with Gasteiger partial charge in [0.2, 0.25) is 5.91 Å². The van der Waals surface area contributed by atoms with E-state index in [0.29, 0.717) is 31.7 Å². The summed E-state index contributed by atoms with van der Waals surface area (Å²) in [6.45, 7) is 4.29. The molecule has 0 spiro atoms. The minimum Gasteiger partial charge on any atom is -0.486 e. The first-order chi connectivity index (χ1) is 16.6. The second kappa shape index (κ2) is 10.1. The van der Waals surface area contributed by atoms with Crippen molar-refractivity contribution in [2.75, 3.05) is 50.8 Å². The lowest BCUT2D eigenvalue weighted by molar-refractivity contribution is -0.126. The molecular formula is C25H31FN4O4. The molecule has 0 saturated carbocycles. The third-order valence-electron chi connectivity index (χ3n) is 6.86. The van der Waals surface area contributed by atoms with Crippen LogP contribution in [0, 0.1) is 11.7 Å². The normalized spacial score (nSPS) is 21.9. The van der Waals surface area contributed by atoms with Gasteiger partial charge in [0.15, 0.2) is 17.3 Å². The lowest BCUT2D eigenvalue weighted by Gasteiger charge is -2.30. The SMILES string of the molecule is O=C(N[C@H](CN1CCCC1)[C@H](O)c1cc(F)c2c(c1)OCCO2)C1CCN(c2ccccn2)C1. The minimum absolute atomic E-state index is 0.0721. The first-order valence-corrected chi connectivity index (χ1v) is 12.0. The number of pyridine rings is 1. The van der Waals surface area contributed by atoms with Crippen molar-refractivity contribution in [2.45, 2.75) is 31.4 Å².